The molecule has 1 unspecified atom stereocenters. The van der Waals surface area contributed by atoms with Crippen molar-refractivity contribution in [1.82, 2.24) is 0 Å². The molecule has 3 aromatic rings. The summed E-state index contributed by atoms with van der Waals surface area (Å²) in [7, 11) is 3.00. The predicted octanol–water partition coefficient (Wildman–Crippen LogP) is 4.33. The van der Waals surface area contributed by atoms with Gasteiger partial charge in [0.15, 0.2) is 11.5 Å². The number of methoxy groups -OCH3 is 2. The third kappa shape index (κ3) is 3.53. The Hall–Kier alpha value is -4.06. The quantitative estimate of drug-likeness (QED) is 0.381. The van der Waals surface area contributed by atoms with Crippen molar-refractivity contribution in [3.63, 3.8) is 0 Å². The second kappa shape index (κ2) is 8.36. The minimum atomic E-state index is -0.767. The lowest BCUT2D eigenvalue weighted by atomic mass is 9.95. The Morgan fingerprint density at radius 1 is 0.839 bits per heavy atom. The van der Waals surface area contributed by atoms with Crippen LogP contribution in [0.1, 0.15) is 17.2 Å². The van der Waals surface area contributed by atoms with Crippen LogP contribution in [0.3, 0.4) is 0 Å². The standard InChI is InChI=1S/C25H21NO5/c1-30-19-14-13-17(15-20(19)31-2)23(27)21-22(16-9-5-3-6-10-16)26(25(29)24(21)28)18-11-7-4-8-12-18/h3-15,22,27H,1-2H3/b23-21-. The molecule has 0 bridgehead atoms. The van der Waals surface area contributed by atoms with Gasteiger partial charge in [0.2, 0.25) is 0 Å². The average molecular weight is 415 g/mol. The van der Waals surface area contributed by atoms with Gasteiger partial charge in [-0.2, -0.15) is 0 Å². The highest BCUT2D eigenvalue weighted by molar-refractivity contribution is 6.51. The molecule has 3 aromatic carbocycles. The van der Waals surface area contributed by atoms with Gasteiger partial charge in [-0.3, -0.25) is 14.5 Å². The molecule has 0 aliphatic carbocycles. The van der Waals surface area contributed by atoms with Gasteiger partial charge < -0.3 is 14.6 Å². The molecule has 6 heteroatoms. The number of para-hydroxylation sites is 1. The molecule has 1 saturated heterocycles. The Morgan fingerprint density at radius 2 is 1.45 bits per heavy atom. The minimum Gasteiger partial charge on any atom is -0.507 e. The van der Waals surface area contributed by atoms with Crippen LogP contribution in [0, 0.1) is 0 Å². The van der Waals surface area contributed by atoms with Crippen LogP contribution in [-0.4, -0.2) is 31.0 Å². The van der Waals surface area contributed by atoms with Gasteiger partial charge in [0.1, 0.15) is 5.76 Å². The van der Waals surface area contributed by atoms with E-state index in [1.54, 1.807) is 42.5 Å². The van der Waals surface area contributed by atoms with Crippen molar-refractivity contribution in [2.45, 2.75) is 6.04 Å². The average Bonchev–Trinajstić information content (AvgIpc) is 3.09. The number of aliphatic hydroxyl groups is 1. The maximum Gasteiger partial charge on any atom is 0.300 e. The Bertz CT molecular complexity index is 1160. The summed E-state index contributed by atoms with van der Waals surface area (Å²) in [6, 6.07) is 22.2. The van der Waals surface area contributed by atoms with Gasteiger partial charge in [0, 0.05) is 11.3 Å². The second-order valence-electron chi connectivity index (χ2n) is 6.99. The number of ketones is 1. The molecule has 1 fully saturated rings. The van der Waals surface area contributed by atoms with Crippen LogP contribution < -0.4 is 14.4 Å². The van der Waals surface area contributed by atoms with E-state index >= 15 is 0 Å². The van der Waals surface area contributed by atoms with Crippen LogP contribution in [0.2, 0.25) is 0 Å². The van der Waals surface area contributed by atoms with Gasteiger partial charge in [-0.1, -0.05) is 48.5 Å². The first-order valence-corrected chi connectivity index (χ1v) is 9.70. The van der Waals surface area contributed by atoms with Gasteiger partial charge in [0.05, 0.1) is 25.8 Å². The van der Waals surface area contributed by atoms with E-state index < -0.39 is 17.7 Å². The molecule has 156 valence electrons. The van der Waals surface area contributed by atoms with E-state index in [2.05, 4.69) is 0 Å². The predicted molar refractivity (Wildman–Crippen MR) is 117 cm³/mol. The molecule has 1 heterocycles. The molecule has 1 atom stereocenters. The maximum atomic E-state index is 13.1. The van der Waals surface area contributed by atoms with Gasteiger partial charge in [-0.15, -0.1) is 0 Å². The number of rotatable bonds is 5. The maximum absolute atomic E-state index is 13.1. The number of aliphatic hydroxyl groups excluding tert-OH is 1. The van der Waals surface area contributed by atoms with Crippen LogP contribution in [0.4, 0.5) is 5.69 Å². The van der Waals surface area contributed by atoms with E-state index in [4.69, 9.17) is 9.47 Å². The minimum absolute atomic E-state index is 0.0206. The number of nitrogens with zero attached hydrogens (tertiary/aromatic N) is 1. The van der Waals surface area contributed by atoms with Crippen molar-refractivity contribution in [1.29, 1.82) is 0 Å². The molecule has 6 nitrogen and oxygen atoms in total. The number of Topliss-reactive ketones (excluding diaryl/α,β-unsaturated/α-hetero) is 1. The Balaban J connectivity index is 1.93. The van der Waals surface area contributed by atoms with Crippen molar-refractivity contribution >= 4 is 23.1 Å². The zero-order chi connectivity index (χ0) is 22.0. The Kier molecular flexibility index (Phi) is 5.45. The third-order valence-electron chi connectivity index (χ3n) is 5.25. The summed E-state index contributed by atoms with van der Waals surface area (Å²) < 4.78 is 10.6. The molecular weight excluding hydrogens is 394 g/mol. The number of hydrogen-bond acceptors (Lipinski definition) is 5. The monoisotopic (exact) mass is 415 g/mol. The molecule has 1 aliphatic rings. The fraction of sp³-hybridized carbons (Fsp3) is 0.120. The van der Waals surface area contributed by atoms with Gasteiger partial charge in [0.25, 0.3) is 11.7 Å². The summed E-state index contributed by atoms with van der Waals surface area (Å²) in [5.74, 6) is -0.817. The first kappa shape index (κ1) is 20.2. The summed E-state index contributed by atoms with van der Waals surface area (Å²) in [5, 5.41) is 11.2. The van der Waals surface area contributed by atoms with Gasteiger partial charge >= 0.3 is 0 Å². The van der Waals surface area contributed by atoms with Crippen LogP contribution in [0.15, 0.2) is 84.4 Å². The number of anilines is 1. The van der Waals surface area contributed by atoms with E-state index in [0.29, 0.717) is 28.3 Å². The SMILES string of the molecule is COc1ccc(/C(O)=C2/C(=O)C(=O)N(c3ccccc3)C2c2ccccc2)cc1OC. The summed E-state index contributed by atoms with van der Waals surface area (Å²) in [6.07, 6.45) is 0. The van der Waals surface area contributed by atoms with Crippen molar-refractivity contribution in [3.8, 4) is 11.5 Å². The van der Waals surface area contributed by atoms with E-state index in [-0.39, 0.29) is 11.3 Å². The molecule has 4 rings (SSSR count). The van der Waals surface area contributed by atoms with Gasteiger partial charge in [-0.25, -0.2) is 0 Å². The summed E-state index contributed by atoms with van der Waals surface area (Å²) in [5.41, 5.74) is 1.66. The molecule has 1 amide bonds. The van der Waals surface area contributed by atoms with Crippen molar-refractivity contribution in [2.75, 3.05) is 19.1 Å². The molecule has 0 aromatic heterocycles. The molecule has 1 aliphatic heterocycles. The lowest BCUT2D eigenvalue weighted by Gasteiger charge is -2.25. The molecule has 31 heavy (non-hydrogen) atoms. The normalized spacial score (nSPS) is 17.6. The van der Waals surface area contributed by atoms with E-state index in [1.165, 1.54) is 19.1 Å². The van der Waals surface area contributed by atoms with Gasteiger partial charge in [-0.05, 0) is 35.9 Å². The van der Waals surface area contributed by atoms with Crippen LogP contribution >= 0.6 is 0 Å². The number of benzene rings is 3. The number of ether oxygens (including phenoxy) is 2. The highest BCUT2D eigenvalue weighted by Crippen LogP contribution is 2.42. The van der Waals surface area contributed by atoms with Crippen molar-refractivity contribution in [2.24, 2.45) is 0 Å². The van der Waals surface area contributed by atoms with E-state index in [1.807, 2.05) is 36.4 Å². The highest BCUT2D eigenvalue weighted by Gasteiger charge is 2.46. The number of amides is 1. The van der Waals surface area contributed by atoms with Crippen LogP contribution in [0.5, 0.6) is 11.5 Å². The molecular formula is C25H21NO5. The number of carbonyl (C=O) groups is 2. The second-order valence-corrected chi connectivity index (χ2v) is 6.99. The molecule has 0 spiro atoms. The fourth-order valence-corrected chi connectivity index (χ4v) is 3.78. The van der Waals surface area contributed by atoms with Crippen LogP contribution in [0.25, 0.3) is 5.76 Å². The van der Waals surface area contributed by atoms with Crippen LogP contribution in [-0.2, 0) is 9.59 Å². The van der Waals surface area contributed by atoms with Crippen molar-refractivity contribution < 1.29 is 24.2 Å². The Morgan fingerprint density at radius 3 is 2.06 bits per heavy atom. The Labute approximate surface area is 180 Å². The summed E-state index contributed by atoms with van der Waals surface area (Å²) >= 11 is 0. The summed E-state index contributed by atoms with van der Waals surface area (Å²) in [6.45, 7) is 0. The molecule has 0 saturated carbocycles. The summed E-state index contributed by atoms with van der Waals surface area (Å²) in [4.78, 5) is 27.6. The fourth-order valence-electron chi connectivity index (χ4n) is 3.78. The first-order valence-electron chi connectivity index (χ1n) is 9.70. The van der Waals surface area contributed by atoms with Crippen molar-refractivity contribution in [3.05, 3.63) is 95.6 Å². The largest absolute Gasteiger partial charge is 0.507 e. The molecule has 1 N–H and O–H groups in total. The molecule has 0 radical (unpaired) electrons. The van der Waals surface area contributed by atoms with E-state index in [0.717, 1.165) is 0 Å². The lowest BCUT2D eigenvalue weighted by molar-refractivity contribution is -0.132. The highest BCUT2D eigenvalue weighted by atomic mass is 16.5. The number of carbonyl (C=O) groups excluding carboxylic acids is 2. The third-order valence-corrected chi connectivity index (χ3v) is 5.25. The first-order chi connectivity index (χ1) is 15.1. The zero-order valence-electron chi connectivity index (χ0n) is 17.1. The number of hydrogen-bond donors (Lipinski definition) is 1. The topological polar surface area (TPSA) is 76.1 Å². The lowest BCUT2D eigenvalue weighted by Crippen LogP contribution is -2.29. The smallest absolute Gasteiger partial charge is 0.300 e. The zero-order valence-corrected chi connectivity index (χ0v) is 17.1. The van der Waals surface area contributed by atoms with E-state index in [9.17, 15) is 14.7 Å².